The van der Waals surface area contributed by atoms with Crippen LogP contribution < -0.4 is 11.5 Å². The summed E-state index contributed by atoms with van der Waals surface area (Å²) in [5.41, 5.74) is 9.54. The van der Waals surface area contributed by atoms with Gasteiger partial charge < -0.3 is 16.2 Å². The zero-order chi connectivity index (χ0) is 11.4. The number of esters is 2. The molecule has 0 fully saturated rings. The smallest absolute Gasteiger partial charge is 0.385 e. The van der Waals surface area contributed by atoms with E-state index in [1.165, 1.54) is 0 Å². The van der Waals surface area contributed by atoms with Crippen LogP contribution >= 0.6 is 0 Å². The summed E-state index contributed by atoms with van der Waals surface area (Å²) in [6.07, 6.45) is -5.21. The first-order valence-electron chi connectivity index (χ1n) is 3.10. The van der Waals surface area contributed by atoms with E-state index in [1.807, 2.05) is 0 Å². The van der Waals surface area contributed by atoms with Crippen molar-refractivity contribution in [2.75, 3.05) is 6.54 Å². The van der Waals surface area contributed by atoms with Gasteiger partial charge in [-0.15, -0.1) is 0 Å². The van der Waals surface area contributed by atoms with Crippen LogP contribution in [-0.4, -0.2) is 30.6 Å². The van der Waals surface area contributed by atoms with Gasteiger partial charge in [-0.05, 0) is 0 Å². The molecular formula is C5H6F3N3O3. The molecule has 0 heterocycles. The minimum absolute atomic E-state index is 0.499. The maximum atomic E-state index is 11.5. The lowest BCUT2D eigenvalue weighted by Gasteiger charge is -2.03. The number of nitrogens with two attached hydrogens (primary N) is 2. The van der Waals surface area contributed by atoms with E-state index < -0.39 is 30.6 Å². The van der Waals surface area contributed by atoms with Crippen LogP contribution in [0.25, 0.3) is 0 Å². The van der Waals surface area contributed by atoms with E-state index in [9.17, 15) is 22.8 Å². The Kier molecular flexibility index (Phi) is 3.87. The van der Waals surface area contributed by atoms with E-state index in [4.69, 9.17) is 11.5 Å². The van der Waals surface area contributed by atoms with Gasteiger partial charge in [0.1, 0.15) is 6.54 Å². The highest BCUT2D eigenvalue weighted by Gasteiger charge is 2.42. The molecule has 0 aromatic carbocycles. The van der Waals surface area contributed by atoms with Gasteiger partial charge in [-0.2, -0.15) is 13.2 Å². The lowest BCUT2D eigenvalue weighted by atomic mass is 10.6. The molecule has 4 N–H and O–H groups in total. The number of rotatable bonds is 2. The lowest BCUT2D eigenvalue weighted by molar-refractivity contribution is -0.201. The molecule has 0 amide bonds. The molecule has 0 unspecified atom stereocenters. The van der Waals surface area contributed by atoms with Gasteiger partial charge in [0.15, 0.2) is 5.96 Å². The van der Waals surface area contributed by atoms with Crippen LogP contribution in [0.15, 0.2) is 4.99 Å². The normalized spacial score (nSPS) is 10.5. The highest BCUT2D eigenvalue weighted by molar-refractivity contribution is 5.90. The van der Waals surface area contributed by atoms with Crippen LogP contribution in [0.5, 0.6) is 0 Å². The summed E-state index contributed by atoms with van der Waals surface area (Å²) in [6, 6.07) is 0. The first-order chi connectivity index (χ1) is 6.23. The van der Waals surface area contributed by atoms with Gasteiger partial charge in [-0.25, -0.2) is 14.6 Å². The van der Waals surface area contributed by atoms with Crippen LogP contribution in [0.1, 0.15) is 0 Å². The molecule has 9 heteroatoms. The predicted molar refractivity (Wildman–Crippen MR) is 37.8 cm³/mol. The Morgan fingerprint density at radius 1 is 1.29 bits per heavy atom. The van der Waals surface area contributed by atoms with Gasteiger partial charge >= 0.3 is 18.1 Å². The molecule has 0 atom stereocenters. The molecule has 80 valence electrons. The van der Waals surface area contributed by atoms with Crippen molar-refractivity contribution in [2.24, 2.45) is 16.5 Å². The van der Waals surface area contributed by atoms with Gasteiger partial charge in [0.25, 0.3) is 0 Å². The molecule has 0 spiro atoms. The summed E-state index contributed by atoms with van der Waals surface area (Å²) in [5.74, 6) is -4.59. The standard InChI is InChI=1S/C5H6F3N3O3/c6-5(7,8)3(13)14-2(12)1-11-4(9)10/h1H2,(H4,9,10,11). The summed E-state index contributed by atoms with van der Waals surface area (Å²) < 4.78 is 37.8. The molecule has 0 bridgehead atoms. The second-order valence-corrected chi connectivity index (χ2v) is 2.00. The third kappa shape index (κ3) is 4.95. The van der Waals surface area contributed by atoms with Gasteiger partial charge in [-0.3, -0.25) is 0 Å². The summed E-state index contributed by atoms with van der Waals surface area (Å²) in [6.45, 7) is -0.843. The molecule has 0 rings (SSSR count). The molecule has 0 aliphatic carbocycles. The average Bonchev–Trinajstić information content (AvgIpc) is 1.99. The molecule has 0 aromatic heterocycles. The number of hydrogen-bond donors (Lipinski definition) is 2. The fraction of sp³-hybridized carbons (Fsp3) is 0.400. The number of nitrogens with zero attached hydrogens (tertiary/aromatic N) is 1. The summed E-state index contributed by atoms with van der Waals surface area (Å²) in [7, 11) is 0. The van der Waals surface area contributed by atoms with Gasteiger partial charge in [-0.1, -0.05) is 0 Å². The van der Waals surface area contributed by atoms with Crippen LogP contribution in [0.2, 0.25) is 0 Å². The van der Waals surface area contributed by atoms with E-state index in [0.717, 1.165) is 0 Å². The Morgan fingerprint density at radius 2 is 1.79 bits per heavy atom. The second kappa shape index (κ2) is 4.44. The summed E-state index contributed by atoms with van der Waals surface area (Å²) in [4.78, 5) is 23.5. The lowest BCUT2D eigenvalue weighted by Crippen LogP contribution is -2.30. The van der Waals surface area contributed by atoms with Crippen molar-refractivity contribution in [2.45, 2.75) is 6.18 Å². The molecular weight excluding hydrogens is 207 g/mol. The Bertz CT molecular complexity index is 269. The van der Waals surface area contributed by atoms with E-state index in [0.29, 0.717) is 0 Å². The fourth-order valence-electron chi connectivity index (χ4n) is 0.349. The van der Waals surface area contributed by atoms with E-state index >= 15 is 0 Å². The zero-order valence-electron chi connectivity index (χ0n) is 6.67. The number of carbonyl (C=O) groups excluding carboxylic acids is 2. The molecule has 0 saturated heterocycles. The monoisotopic (exact) mass is 213 g/mol. The molecule has 0 aromatic rings. The van der Waals surface area contributed by atoms with Crippen LogP contribution in [0.3, 0.4) is 0 Å². The van der Waals surface area contributed by atoms with E-state index in [2.05, 4.69) is 9.73 Å². The second-order valence-electron chi connectivity index (χ2n) is 2.00. The van der Waals surface area contributed by atoms with E-state index in [-0.39, 0.29) is 0 Å². The molecule has 0 aliphatic rings. The van der Waals surface area contributed by atoms with Crippen LogP contribution in [0, 0.1) is 0 Å². The van der Waals surface area contributed by atoms with Crippen molar-refractivity contribution in [3.05, 3.63) is 0 Å². The minimum atomic E-state index is -5.21. The van der Waals surface area contributed by atoms with Gasteiger partial charge in [0.05, 0.1) is 0 Å². The predicted octanol–water partition coefficient (Wildman–Crippen LogP) is -1.11. The third-order valence-corrected chi connectivity index (χ3v) is 0.829. The number of alkyl halides is 3. The number of guanidine groups is 1. The molecule has 14 heavy (non-hydrogen) atoms. The van der Waals surface area contributed by atoms with Crippen molar-refractivity contribution >= 4 is 17.9 Å². The Hall–Kier alpha value is -1.80. The first-order valence-corrected chi connectivity index (χ1v) is 3.10. The van der Waals surface area contributed by atoms with Crippen molar-refractivity contribution in [3.63, 3.8) is 0 Å². The first kappa shape index (κ1) is 12.2. The topological polar surface area (TPSA) is 108 Å². The van der Waals surface area contributed by atoms with Crippen molar-refractivity contribution in [1.82, 2.24) is 0 Å². The van der Waals surface area contributed by atoms with Crippen molar-refractivity contribution in [1.29, 1.82) is 0 Å². The Morgan fingerprint density at radius 3 is 2.14 bits per heavy atom. The number of ether oxygens (including phenoxy) is 1. The van der Waals surface area contributed by atoms with Crippen molar-refractivity contribution < 1.29 is 27.5 Å². The van der Waals surface area contributed by atoms with Gasteiger partial charge in [0.2, 0.25) is 0 Å². The highest BCUT2D eigenvalue weighted by atomic mass is 19.4. The van der Waals surface area contributed by atoms with Crippen LogP contribution in [-0.2, 0) is 14.3 Å². The Balaban J connectivity index is 4.09. The fourth-order valence-corrected chi connectivity index (χ4v) is 0.349. The number of halogens is 3. The quantitative estimate of drug-likeness (QED) is 0.262. The molecule has 0 aliphatic heterocycles. The SMILES string of the molecule is NC(N)=NCC(=O)OC(=O)C(F)(F)F. The maximum Gasteiger partial charge on any atom is 0.491 e. The third-order valence-electron chi connectivity index (χ3n) is 0.829. The number of aliphatic imine (C=N–C) groups is 1. The molecule has 6 nitrogen and oxygen atoms in total. The van der Waals surface area contributed by atoms with Crippen molar-refractivity contribution in [3.8, 4) is 0 Å². The largest absolute Gasteiger partial charge is 0.491 e. The zero-order valence-corrected chi connectivity index (χ0v) is 6.67. The van der Waals surface area contributed by atoms with E-state index in [1.54, 1.807) is 0 Å². The Labute approximate surface area is 75.7 Å². The number of carbonyl (C=O) groups is 2. The average molecular weight is 213 g/mol. The molecule has 0 saturated carbocycles. The van der Waals surface area contributed by atoms with Crippen LogP contribution in [0.4, 0.5) is 13.2 Å². The minimum Gasteiger partial charge on any atom is -0.385 e. The highest BCUT2D eigenvalue weighted by Crippen LogP contribution is 2.16. The summed E-state index contributed by atoms with van der Waals surface area (Å²) in [5, 5.41) is 0. The molecule has 0 radical (unpaired) electrons. The maximum absolute atomic E-state index is 11.5. The van der Waals surface area contributed by atoms with Gasteiger partial charge in [0, 0.05) is 0 Å². The summed E-state index contributed by atoms with van der Waals surface area (Å²) >= 11 is 0. The number of hydrogen-bond acceptors (Lipinski definition) is 4.